The second-order valence-electron chi connectivity index (χ2n) is 3.63. The molecule has 0 fully saturated rings. The maximum absolute atomic E-state index is 9.18. The maximum Gasteiger partial charge on any atom is 0.0636 e. The van der Waals surface area contributed by atoms with Crippen LogP contribution in [0.15, 0.2) is 30.3 Å². The van der Waals surface area contributed by atoms with E-state index in [1.165, 1.54) is 5.56 Å². The lowest BCUT2D eigenvalue weighted by molar-refractivity contribution is 0.185. The van der Waals surface area contributed by atoms with Gasteiger partial charge < -0.3 is 10.4 Å². The average Bonchev–Trinajstić information content (AvgIpc) is 2.20. The number of aliphatic hydroxyl groups excluding tert-OH is 1. The Morgan fingerprint density at radius 1 is 1.29 bits per heavy atom. The van der Waals surface area contributed by atoms with Crippen LogP contribution < -0.4 is 5.32 Å². The summed E-state index contributed by atoms with van der Waals surface area (Å²) in [5, 5.41) is 12.5. The molecule has 2 heteroatoms. The van der Waals surface area contributed by atoms with Gasteiger partial charge >= 0.3 is 0 Å². The Balaban J connectivity index is 2.54. The van der Waals surface area contributed by atoms with E-state index in [-0.39, 0.29) is 6.10 Å². The number of hydrogen-bond acceptors (Lipinski definition) is 2. The molecule has 1 aromatic rings. The molecule has 0 bridgehead atoms. The molecular weight excluding hydrogens is 174 g/mol. The number of benzene rings is 1. The third kappa shape index (κ3) is 3.48. The van der Waals surface area contributed by atoms with Gasteiger partial charge in [0.25, 0.3) is 0 Å². The first-order valence-corrected chi connectivity index (χ1v) is 5.20. The summed E-state index contributed by atoms with van der Waals surface area (Å²) in [7, 11) is 0. The van der Waals surface area contributed by atoms with Gasteiger partial charge in [-0.3, -0.25) is 0 Å². The maximum atomic E-state index is 9.18. The highest BCUT2D eigenvalue weighted by atomic mass is 16.3. The van der Waals surface area contributed by atoms with Crippen LogP contribution in [0.4, 0.5) is 0 Å². The van der Waals surface area contributed by atoms with Crippen LogP contribution in [-0.2, 0) is 0 Å². The van der Waals surface area contributed by atoms with Gasteiger partial charge in [0.15, 0.2) is 0 Å². The first-order chi connectivity index (χ1) is 6.74. The van der Waals surface area contributed by atoms with Gasteiger partial charge in [-0.2, -0.15) is 0 Å². The largest absolute Gasteiger partial charge is 0.392 e. The zero-order chi connectivity index (χ0) is 10.4. The summed E-state index contributed by atoms with van der Waals surface area (Å²) in [6.07, 6.45) is 0.754. The highest BCUT2D eigenvalue weighted by Crippen LogP contribution is 2.15. The SMILES string of the molecule is CC[C@H](NC[C@H](C)O)c1ccccc1. The van der Waals surface area contributed by atoms with Crippen molar-refractivity contribution in [3.8, 4) is 0 Å². The smallest absolute Gasteiger partial charge is 0.0636 e. The predicted molar refractivity (Wildman–Crippen MR) is 59.2 cm³/mol. The molecule has 0 radical (unpaired) electrons. The summed E-state index contributed by atoms with van der Waals surface area (Å²) in [5.41, 5.74) is 1.29. The standard InChI is InChI=1S/C12H19NO/c1-3-12(13-9-10(2)14)11-7-5-4-6-8-11/h4-8,10,12-14H,3,9H2,1-2H3/t10-,12-/m0/s1. The molecular formula is C12H19NO. The van der Waals surface area contributed by atoms with Crippen LogP contribution in [0.5, 0.6) is 0 Å². The van der Waals surface area contributed by atoms with Crippen LogP contribution in [-0.4, -0.2) is 17.8 Å². The van der Waals surface area contributed by atoms with Gasteiger partial charge in [0.1, 0.15) is 0 Å². The van der Waals surface area contributed by atoms with E-state index in [9.17, 15) is 5.11 Å². The Hall–Kier alpha value is -0.860. The Bertz CT molecular complexity index is 246. The molecule has 0 aliphatic rings. The monoisotopic (exact) mass is 193 g/mol. The van der Waals surface area contributed by atoms with Crippen LogP contribution in [0.2, 0.25) is 0 Å². The molecule has 78 valence electrons. The number of hydrogen-bond donors (Lipinski definition) is 2. The van der Waals surface area contributed by atoms with Crippen molar-refractivity contribution in [3.05, 3.63) is 35.9 Å². The van der Waals surface area contributed by atoms with Crippen molar-refractivity contribution in [2.75, 3.05) is 6.54 Å². The second kappa shape index (κ2) is 5.78. The fourth-order valence-corrected chi connectivity index (χ4v) is 1.50. The minimum atomic E-state index is -0.284. The molecule has 2 atom stereocenters. The van der Waals surface area contributed by atoms with E-state index in [1.54, 1.807) is 6.92 Å². The van der Waals surface area contributed by atoms with Gasteiger partial charge in [-0.25, -0.2) is 0 Å². The van der Waals surface area contributed by atoms with E-state index in [0.717, 1.165) is 6.42 Å². The molecule has 2 nitrogen and oxygen atoms in total. The van der Waals surface area contributed by atoms with E-state index in [1.807, 2.05) is 18.2 Å². The summed E-state index contributed by atoms with van der Waals surface area (Å²) in [6.45, 7) is 4.59. The van der Waals surface area contributed by atoms with Crippen molar-refractivity contribution in [1.82, 2.24) is 5.32 Å². The highest BCUT2D eigenvalue weighted by molar-refractivity contribution is 5.18. The fourth-order valence-electron chi connectivity index (χ4n) is 1.50. The number of nitrogens with one attached hydrogen (secondary N) is 1. The molecule has 0 aliphatic heterocycles. The van der Waals surface area contributed by atoms with Crippen molar-refractivity contribution < 1.29 is 5.11 Å². The molecule has 1 aromatic carbocycles. The van der Waals surface area contributed by atoms with Crippen LogP contribution in [0.1, 0.15) is 31.9 Å². The highest BCUT2D eigenvalue weighted by Gasteiger charge is 2.08. The molecule has 0 unspecified atom stereocenters. The molecule has 2 N–H and O–H groups in total. The topological polar surface area (TPSA) is 32.3 Å². The lowest BCUT2D eigenvalue weighted by Crippen LogP contribution is -2.28. The van der Waals surface area contributed by atoms with Gasteiger partial charge in [-0.15, -0.1) is 0 Å². The van der Waals surface area contributed by atoms with Crippen molar-refractivity contribution in [3.63, 3.8) is 0 Å². The molecule has 0 saturated heterocycles. The average molecular weight is 193 g/mol. The summed E-state index contributed by atoms with van der Waals surface area (Å²) >= 11 is 0. The zero-order valence-electron chi connectivity index (χ0n) is 8.90. The van der Waals surface area contributed by atoms with E-state index < -0.39 is 0 Å². The Kier molecular flexibility index (Phi) is 4.63. The molecule has 0 aliphatic carbocycles. The summed E-state index contributed by atoms with van der Waals surface area (Å²) in [5.74, 6) is 0. The van der Waals surface area contributed by atoms with Crippen molar-refractivity contribution in [2.24, 2.45) is 0 Å². The van der Waals surface area contributed by atoms with Gasteiger partial charge in [-0.05, 0) is 18.9 Å². The minimum absolute atomic E-state index is 0.284. The molecule has 14 heavy (non-hydrogen) atoms. The molecule has 0 spiro atoms. The summed E-state index contributed by atoms with van der Waals surface area (Å²) in [4.78, 5) is 0. The molecule has 0 heterocycles. The van der Waals surface area contributed by atoms with Crippen molar-refractivity contribution in [1.29, 1.82) is 0 Å². The van der Waals surface area contributed by atoms with Gasteiger partial charge in [-0.1, -0.05) is 37.3 Å². The van der Waals surface area contributed by atoms with Gasteiger partial charge in [0, 0.05) is 12.6 Å². The van der Waals surface area contributed by atoms with Crippen LogP contribution >= 0.6 is 0 Å². The number of aliphatic hydroxyl groups is 1. The summed E-state index contributed by atoms with van der Waals surface area (Å²) in [6, 6.07) is 10.7. The Morgan fingerprint density at radius 3 is 2.43 bits per heavy atom. The van der Waals surface area contributed by atoms with E-state index in [4.69, 9.17) is 0 Å². The van der Waals surface area contributed by atoms with E-state index in [0.29, 0.717) is 12.6 Å². The normalized spacial score (nSPS) is 15.1. The quantitative estimate of drug-likeness (QED) is 0.750. The Labute approximate surface area is 86.0 Å². The first-order valence-electron chi connectivity index (χ1n) is 5.20. The molecule has 0 amide bonds. The molecule has 0 saturated carbocycles. The third-order valence-electron chi connectivity index (χ3n) is 2.27. The third-order valence-corrected chi connectivity index (χ3v) is 2.27. The lowest BCUT2D eigenvalue weighted by Gasteiger charge is -2.18. The molecule has 0 aromatic heterocycles. The zero-order valence-corrected chi connectivity index (χ0v) is 8.90. The second-order valence-corrected chi connectivity index (χ2v) is 3.63. The summed E-state index contributed by atoms with van der Waals surface area (Å²) < 4.78 is 0. The van der Waals surface area contributed by atoms with Crippen LogP contribution in [0, 0.1) is 0 Å². The van der Waals surface area contributed by atoms with E-state index in [2.05, 4.69) is 24.4 Å². The van der Waals surface area contributed by atoms with Gasteiger partial charge in [0.05, 0.1) is 6.10 Å². The lowest BCUT2D eigenvalue weighted by atomic mass is 10.0. The van der Waals surface area contributed by atoms with Crippen molar-refractivity contribution >= 4 is 0 Å². The Morgan fingerprint density at radius 2 is 1.93 bits per heavy atom. The van der Waals surface area contributed by atoms with Gasteiger partial charge in [0.2, 0.25) is 0 Å². The molecule has 1 rings (SSSR count). The first kappa shape index (κ1) is 11.2. The minimum Gasteiger partial charge on any atom is -0.392 e. The van der Waals surface area contributed by atoms with E-state index >= 15 is 0 Å². The van der Waals surface area contributed by atoms with Crippen LogP contribution in [0.3, 0.4) is 0 Å². The van der Waals surface area contributed by atoms with Crippen LogP contribution in [0.25, 0.3) is 0 Å². The van der Waals surface area contributed by atoms with Crippen molar-refractivity contribution in [2.45, 2.75) is 32.4 Å². The predicted octanol–water partition coefficient (Wildman–Crippen LogP) is 2.11. The number of rotatable bonds is 5. The fraction of sp³-hybridized carbons (Fsp3) is 0.500.